The summed E-state index contributed by atoms with van der Waals surface area (Å²) in [5, 5.41) is 0. The van der Waals surface area contributed by atoms with Crippen molar-refractivity contribution in [2.75, 3.05) is 19.8 Å². The minimum absolute atomic E-state index is 0.172. The number of hydrogen-bond donors (Lipinski definition) is 0. The molecule has 4 heteroatoms. The third kappa shape index (κ3) is 5.99. The highest BCUT2D eigenvalue weighted by atomic mass is 28.4. The molecular formula is C12H28O3Si. The van der Waals surface area contributed by atoms with Crippen LogP contribution in [0.2, 0.25) is 13.1 Å². The summed E-state index contributed by atoms with van der Waals surface area (Å²) < 4.78 is 17.2. The van der Waals surface area contributed by atoms with Crippen molar-refractivity contribution >= 4 is 8.32 Å². The maximum Gasteiger partial charge on any atom is 0.214 e. The quantitative estimate of drug-likeness (QED) is 0.587. The summed E-state index contributed by atoms with van der Waals surface area (Å²) in [5.41, 5.74) is 0.260. The van der Waals surface area contributed by atoms with E-state index in [4.69, 9.17) is 13.9 Å². The maximum absolute atomic E-state index is 5.93. The van der Waals surface area contributed by atoms with Crippen molar-refractivity contribution in [2.45, 2.75) is 59.0 Å². The Hall–Kier alpha value is 0.0969. The molecule has 98 valence electrons. The zero-order chi connectivity index (χ0) is 12.6. The summed E-state index contributed by atoms with van der Waals surface area (Å²) in [6, 6.07) is 0. The van der Waals surface area contributed by atoms with Crippen molar-refractivity contribution in [2.24, 2.45) is 0 Å². The van der Waals surface area contributed by atoms with E-state index in [2.05, 4.69) is 20.0 Å². The van der Waals surface area contributed by atoms with Crippen LogP contribution < -0.4 is 0 Å². The van der Waals surface area contributed by atoms with Gasteiger partial charge in [0.1, 0.15) is 0 Å². The monoisotopic (exact) mass is 248 g/mol. The second kappa shape index (κ2) is 8.23. The highest BCUT2D eigenvalue weighted by molar-refractivity contribution is 6.72. The molecule has 0 aromatic carbocycles. The molecule has 0 aromatic rings. The lowest BCUT2D eigenvalue weighted by Gasteiger charge is -2.31. The summed E-state index contributed by atoms with van der Waals surface area (Å²) in [6.45, 7) is 14.9. The largest absolute Gasteiger partial charge is 0.415 e. The Morgan fingerprint density at radius 3 is 2.06 bits per heavy atom. The van der Waals surface area contributed by atoms with E-state index in [0.717, 1.165) is 19.6 Å². The van der Waals surface area contributed by atoms with Crippen molar-refractivity contribution in [1.82, 2.24) is 0 Å². The molecule has 0 bridgehead atoms. The van der Waals surface area contributed by atoms with Gasteiger partial charge in [0, 0.05) is 13.2 Å². The zero-order valence-corrected chi connectivity index (χ0v) is 12.7. The van der Waals surface area contributed by atoms with Crippen LogP contribution in [-0.4, -0.2) is 40.0 Å². The van der Waals surface area contributed by atoms with Crippen LogP contribution in [0.25, 0.3) is 0 Å². The highest BCUT2D eigenvalue weighted by Gasteiger charge is 2.33. The molecule has 0 saturated heterocycles. The fourth-order valence-corrected chi connectivity index (χ4v) is 4.27. The lowest BCUT2D eigenvalue weighted by atomic mass is 10.4. The first-order chi connectivity index (χ1) is 7.47. The molecule has 0 fully saturated rings. The van der Waals surface area contributed by atoms with E-state index in [9.17, 15) is 0 Å². The van der Waals surface area contributed by atoms with Gasteiger partial charge in [-0.05, 0) is 40.3 Å². The Morgan fingerprint density at radius 1 is 1.00 bits per heavy atom. The predicted molar refractivity (Wildman–Crippen MR) is 70.2 cm³/mol. The molecule has 3 nitrogen and oxygen atoms in total. The Balaban J connectivity index is 4.08. The van der Waals surface area contributed by atoms with Crippen molar-refractivity contribution in [3.8, 4) is 0 Å². The van der Waals surface area contributed by atoms with E-state index in [0.29, 0.717) is 6.61 Å². The highest BCUT2D eigenvalue weighted by Crippen LogP contribution is 2.17. The third-order valence-electron chi connectivity index (χ3n) is 2.65. The van der Waals surface area contributed by atoms with E-state index in [1.165, 1.54) is 0 Å². The molecule has 0 amide bonds. The van der Waals surface area contributed by atoms with Crippen molar-refractivity contribution in [3.63, 3.8) is 0 Å². The van der Waals surface area contributed by atoms with Crippen LogP contribution in [0.4, 0.5) is 0 Å². The van der Waals surface area contributed by atoms with Gasteiger partial charge in [0.15, 0.2) is 0 Å². The fraction of sp³-hybridized carbons (Fsp3) is 1.00. The Morgan fingerprint density at radius 2 is 1.62 bits per heavy atom. The van der Waals surface area contributed by atoms with Crippen LogP contribution in [0.1, 0.15) is 34.1 Å². The normalized spacial score (nSPS) is 16.1. The number of ether oxygens (including phenoxy) is 2. The van der Waals surface area contributed by atoms with Crippen molar-refractivity contribution in [3.05, 3.63) is 0 Å². The second-order valence-corrected chi connectivity index (χ2v) is 8.67. The van der Waals surface area contributed by atoms with Gasteiger partial charge < -0.3 is 13.9 Å². The molecule has 2 atom stereocenters. The first kappa shape index (κ1) is 16.1. The predicted octanol–water partition coefficient (Wildman–Crippen LogP) is 2.99. The Bertz CT molecular complexity index is 174. The maximum atomic E-state index is 5.93. The van der Waals surface area contributed by atoms with Gasteiger partial charge in [-0.1, -0.05) is 6.92 Å². The second-order valence-electron chi connectivity index (χ2n) is 4.53. The molecule has 0 aromatic heterocycles. The van der Waals surface area contributed by atoms with Crippen molar-refractivity contribution < 1.29 is 13.9 Å². The SMILES string of the molecule is CCOC(C)COC(CC)[Si](C)(C)OCC. The molecule has 2 unspecified atom stereocenters. The van der Waals surface area contributed by atoms with Gasteiger partial charge in [0.2, 0.25) is 8.32 Å². The van der Waals surface area contributed by atoms with Crippen LogP contribution in [0, 0.1) is 0 Å². The van der Waals surface area contributed by atoms with E-state index in [1.54, 1.807) is 0 Å². The van der Waals surface area contributed by atoms with E-state index in [-0.39, 0.29) is 11.8 Å². The molecular weight excluding hydrogens is 220 g/mol. The smallest absolute Gasteiger partial charge is 0.214 e. The molecule has 0 aliphatic rings. The summed E-state index contributed by atoms with van der Waals surface area (Å²) >= 11 is 0. The topological polar surface area (TPSA) is 27.7 Å². The van der Waals surface area contributed by atoms with Crippen LogP contribution in [0.3, 0.4) is 0 Å². The Labute approximate surface area is 102 Å². The van der Waals surface area contributed by atoms with Crippen LogP contribution >= 0.6 is 0 Å². The summed E-state index contributed by atoms with van der Waals surface area (Å²) in [5.74, 6) is 0. The van der Waals surface area contributed by atoms with Gasteiger partial charge in [-0.2, -0.15) is 0 Å². The molecule has 0 aliphatic carbocycles. The molecule has 0 radical (unpaired) electrons. The van der Waals surface area contributed by atoms with E-state index in [1.807, 2.05) is 20.8 Å². The molecule has 0 heterocycles. The molecule has 16 heavy (non-hydrogen) atoms. The molecule has 0 spiro atoms. The third-order valence-corrected chi connectivity index (χ3v) is 5.80. The summed E-state index contributed by atoms with van der Waals surface area (Å²) in [6.07, 6.45) is 1.18. The van der Waals surface area contributed by atoms with Gasteiger partial charge in [-0.15, -0.1) is 0 Å². The van der Waals surface area contributed by atoms with Gasteiger partial charge in [0.05, 0.1) is 18.4 Å². The first-order valence-corrected chi connectivity index (χ1v) is 9.33. The standard InChI is InChI=1S/C12H28O3Si/c1-7-12(16(5,6)15-9-3)14-10-11(4)13-8-2/h11-12H,7-10H2,1-6H3. The summed E-state index contributed by atoms with van der Waals surface area (Å²) in [4.78, 5) is 0. The van der Waals surface area contributed by atoms with Crippen LogP contribution in [0.5, 0.6) is 0 Å². The lowest BCUT2D eigenvalue weighted by Crippen LogP contribution is -2.47. The Kier molecular flexibility index (Phi) is 8.28. The van der Waals surface area contributed by atoms with Crippen molar-refractivity contribution in [1.29, 1.82) is 0 Å². The zero-order valence-electron chi connectivity index (χ0n) is 11.7. The summed E-state index contributed by atoms with van der Waals surface area (Å²) in [7, 11) is -1.70. The van der Waals surface area contributed by atoms with Crippen LogP contribution in [-0.2, 0) is 13.9 Å². The van der Waals surface area contributed by atoms with Gasteiger partial charge in [0.25, 0.3) is 0 Å². The van der Waals surface area contributed by atoms with Gasteiger partial charge in [-0.25, -0.2) is 0 Å². The van der Waals surface area contributed by atoms with Gasteiger partial charge in [-0.3, -0.25) is 0 Å². The molecule has 0 saturated carbocycles. The number of hydrogen-bond acceptors (Lipinski definition) is 3. The average molecular weight is 248 g/mol. The molecule has 0 rings (SSSR count). The minimum atomic E-state index is -1.70. The van der Waals surface area contributed by atoms with Crippen LogP contribution in [0.15, 0.2) is 0 Å². The van der Waals surface area contributed by atoms with E-state index >= 15 is 0 Å². The minimum Gasteiger partial charge on any atom is -0.415 e. The lowest BCUT2D eigenvalue weighted by molar-refractivity contribution is -0.0190. The average Bonchev–Trinajstić information content (AvgIpc) is 2.18. The fourth-order valence-electron chi connectivity index (χ4n) is 1.86. The van der Waals surface area contributed by atoms with Gasteiger partial charge >= 0.3 is 0 Å². The first-order valence-electron chi connectivity index (χ1n) is 6.35. The number of rotatable bonds is 9. The molecule has 0 aliphatic heterocycles. The molecule has 0 N–H and O–H groups in total. The van der Waals surface area contributed by atoms with E-state index < -0.39 is 8.32 Å².